The molecule has 2 aromatic rings. The minimum atomic E-state index is -0.210. The average molecular weight is 340 g/mol. The van der Waals surface area contributed by atoms with Crippen molar-refractivity contribution in [2.75, 3.05) is 13.2 Å². The minimum absolute atomic E-state index is 0.210. The number of para-hydroxylation sites is 1. The molecule has 2 rings (SSSR count). The Hall–Kier alpha value is -2.82. The third kappa shape index (κ3) is 6.30. The lowest BCUT2D eigenvalue weighted by atomic mass is 10.1. The summed E-state index contributed by atoms with van der Waals surface area (Å²) in [7, 11) is 0. The maximum atomic E-state index is 10.9. The fourth-order valence-corrected chi connectivity index (χ4v) is 2.20. The fourth-order valence-electron chi connectivity index (χ4n) is 2.20. The van der Waals surface area contributed by atoms with Gasteiger partial charge in [-0.25, -0.2) is 5.43 Å². The number of ether oxygens (including phenoxy) is 2. The largest absolute Gasteiger partial charge is 0.493 e. The van der Waals surface area contributed by atoms with Gasteiger partial charge in [0, 0.05) is 18.9 Å². The number of benzene rings is 2. The predicted octanol–water partition coefficient (Wildman–Crippen LogP) is 3.62. The van der Waals surface area contributed by atoms with Crippen LogP contribution in [0, 0.1) is 13.8 Å². The second-order valence-electron chi connectivity index (χ2n) is 5.78. The van der Waals surface area contributed by atoms with E-state index >= 15 is 0 Å². The summed E-state index contributed by atoms with van der Waals surface area (Å²) in [6.45, 7) is 6.63. The van der Waals surface area contributed by atoms with Crippen molar-refractivity contribution in [2.45, 2.75) is 27.2 Å². The molecule has 0 bridgehead atoms. The van der Waals surface area contributed by atoms with Gasteiger partial charge in [0.15, 0.2) is 0 Å². The van der Waals surface area contributed by atoms with Crippen molar-refractivity contribution in [2.24, 2.45) is 5.10 Å². The number of amides is 1. The molecule has 0 fully saturated rings. The zero-order valence-electron chi connectivity index (χ0n) is 14.9. The van der Waals surface area contributed by atoms with E-state index in [2.05, 4.69) is 29.6 Å². The Balaban J connectivity index is 1.81. The molecule has 1 amide bonds. The molecule has 1 N–H and O–H groups in total. The zero-order chi connectivity index (χ0) is 18.1. The highest BCUT2D eigenvalue weighted by atomic mass is 16.5. The third-order valence-corrected chi connectivity index (χ3v) is 3.49. The smallest absolute Gasteiger partial charge is 0.236 e. The van der Waals surface area contributed by atoms with Gasteiger partial charge in [-0.3, -0.25) is 4.79 Å². The normalized spacial score (nSPS) is 10.7. The van der Waals surface area contributed by atoms with Crippen molar-refractivity contribution in [3.8, 4) is 11.5 Å². The summed E-state index contributed by atoms with van der Waals surface area (Å²) in [5, 5.41) is 3.87. The van der Waals surface area contributed by atoms with Crippen LogP contribution in [0.4, 0.5) is 0 Å². The van der Waals surface area contributed by atoms with Crippen LogP contribution in [-0.2, 0) is 4.79 Å². The van der Waals surface area contributed by atoms with Crippen molar-refractivity contribution in [1.82, 2.24) is 5.43 Å². The summed E-state index contributed by atoms with van der Waals surface area (Å²) in [6.07, 6.45) is 2.34. The Bertz CT molecular complexity index is 741. The molecule has 0 saturated carbocycles. The summed E-state index contributed by atoms with van der Waals surface area (Å²) < 4.78 is 11.6. The molecule has 0 radical (unpaired) electrons. The Kier molecular flexibility index (Phi) is 7.01. The number of rotatable bonds is 8. The number of nitrogens with zero attached hydrogens (tertiary/aromatic N) is 1. The summed E-state index contributed by atoms with van der Waals surface area (Å²) in [5.74, 6) is 1.43. The first-order valence-corrected chi connectivity index (χ1v) is 8.28. The number of carbonyl (C=O) groups excluding carboxylic acids is 1. The Morgan fingerprint density at radius 3 is 2.56 bits per heavy atom. The third-order valence-electron chi connectivity index (χ3n) is 3.49. The molecular formula is C20H24N2O3. The maximum absolute atomic E-state index is 10.9. The summed E-state index contributed by atoms with van der Waals surface area (Å²) in [6, 6.07) is 13.7. The molecular weight excluding hydrogens is 316 g/mol. The first kappa shape index (κ1) is 18.5. The summed E-state index contributed by atoms with van der Waals surface area (Å²) in [4.78, 5) is 10.9. The molecule has 0 heterocycles. The van der Waals surface area contributed by atoms with Gasteiger partial charge >= 0.3 is 0 Å². The highest BCUT2D eigenvalue weighted by Gasteiger charge is 2.02. The summed E-state index contributed by atoms with van der Waals surface area (Å²) in [5.41, 5.74) is 5.51. The molecule has 0 aliphatic heterocycles. The van der Waals surface area contributed by atoms with E-state index in [1.165, 1.54) is 12.5 Å². The van der Waals surface area contributed by atoms with Gasteiger partial charge in [-0.05, 0) is 43.2 Å². The van der Waals surface area contributed by atoms with Crippen LogP contribution in [-0.4, -0.2) is 25.3 Å². The van der Waals surface area contributed by atoms with Gasteiger partial charge in [-0.15, -0.1) is 0 Å². The van der Waals surface area contributed by atoms with Gasteiger partial charge < -0.3 is 9.47 Å². The molecule has 0 aliphatic rings. The van der Waals surface area contributed by atoms with Crippen LogP contribution in [0.25, 0.3) is 0 Å². The number of carbonyl (C=O) groups is 1. The van der Waals surface area contributed by atoms with Crippen molar-refractivity contribution in [3.05, 3.63) is 59.2 Å². The number of hydrogen-bond acceptors (Lipinski definition) is 4. The summed E-state index contributed by atoms with van der Waals surface area (Å²) >= 11 is 0. The van der Waals surface area contributed by atoms with Crippen LogP contribution >= 0.6 is 0 Å². The van der Waals surface area contributed by atoms with E-state index in [-0.39, 0.29) is 5.91 Å². The van der Waals surface area contributed by atoms with Crippen LogP contribution in [0.15, 0.2) is 47.6 Å². The predicted molar refractivity (Wildman–Crippen MR) is 99.4 cm³/mol. The zero-order valence-corrected chi connectivity index (χ0v) is 14.9. The highest BCUT2D eigenvalue weighted by molar-refractivity contribution is 5.84. The van der Waals surface area contributed by atoms with Gasteiger partial charge in [0.2, 0.25) is 5.91 Å². The SMILES string of the molecule is CC(=O)NN=Cc1ccccc1OCCCOc1cc(C)ccc1C. The average Bonchev–Trinajstić information content (AvgIpc) is 2.58. The van der Waals surface area contributed by atoms with Gasteiger partial charge in [0.25, 0.3) is 0 Å². The van der Waals surface area contributed by atoms with Crippen molar-refractivity contribution < 1.29 is 14.3 Å². The van der Waals surface area contributed by atoms with E-state index in [0.717, 1.165) is 29.0 Å². The molecule has 25 heavy (non-hydrogen) atoms. The number of nitrogens with one attached hydrogen (secondary N) is 1. The molecule has 0 spiro atoms. The van der Waals surface area contributed by atoms with Gasteiger partial charge in [0.1, 0.15) is 11.5 Å². The van der Waals surface area contributed by atoms with Crippen molar-refractivity contribution in [3.63, 3.8) is 0 Å². The lowest BCUT2D eigenvalue weighted by molar-refractivity contribution is -0.118. The van der Waals surface area contributed by atoms with Crippen molar-refractivity contribution >= 4 is 12.1 Å². The molecule has 0 atom stereocenters. The van der Waals surface area contributed by atoms with Gasteiger partial charge in [-0.1, -0.05) is 24.3 Å². The molecule has 5 nitrogen and oxygen atoms in total. The standard InChI is InChI=1S/C20H24N2O3/c1-15-9-10-16(2)20(13-15)25-12-6-11-24-19-8-5-4-7-18(19)14-21-22-17(3)23/h4-5,7-10,13-14H,6,11-12H2,1-3H3,(H,22,23). The van der Waals surface area contributed by atoms with Crippen LogP contribution in [0.3, 0.4) is 0 Å². The Morgan fingerprint density at radius 1 is 1.08 bits per heavy atom. The van der Waals surface area contributed by atoms with E-state index < -0.39 is 0 Å². The monoisotopic (exact) mass is 340 g/mol. The fraction of sp³-hybridized carbons (Fsp3) is 0.300. The second kappa shape index (κ2) is 9.47. The lowest BCUT2D eigenvalue weighted by Crippen LogP contribution is -2.12. The highest BCUT2D eigenvalue weighted by Crippen LogP contribution is 2.19. The van der Waals surface area contributed by atoms with Crippen LogP contribution < -0.4 is 14.9 Å². The van der Waals surface area contributed by atoms with Crippen LogP contribution in [0.1, 0.15) is 30.0 Å². The molecule has 2 aromatic carbocycles. The van der Waals surface area contributed by atoms with E-state index in [1.54, 1.807) is 6.21 Å². The van der Waals surface area contributed by atoms with E-state index in [4.69, 9.17) is 9.47 Å². The van der Waals surface area contributed by atoms with E-state index in [0.29, 0.717) is 13.2 Å². The maximum Gasteiger partial charge on any atom is 0.236 e. The molecule has 5 heteroatoms. The molecule has 0 aliphatic carbocycles. The second-order valence-corrected chi connectivity index (χ2v) is 5.78. The molecule has 0 unspecified atom stereocenters. The van der Waals surface area contributed by atoms with Crippen molar-refractivity contribution in [1.29, 1.82) is 0 Å². The number of hydrazone groups is 1. The van der Waals surface area contributed by atoms with Crippen LogP contribution in [0.2, 0.25) is 0 Å². The number of hydrogen-bond donors (Lipinski definition) is 1. The Labute approximate surface area is 148 Å². The Morgan fingerprint density at radius 2 is 1.80 bits per heavy atom. The van der Waals surface area contributed by atoms with Gasteiger partial charge in [0.05, 0.1) is 19.4 Å². The first-order chi connectivity index (χ1) is 12.1. The van der Waals surface area contributed by atoms with E-state index in [1.807, 2.05) is 37.3 Å². The molecule has 132 valence electrons. The van der Waals surface area contributed by atoms with E-state index in [9.17, 15) is 4.79 Å². The molecule has 0 aromatic heterocycles. The van der Waals surface area contributed by atoms with Crippen LogP contribution in [0.5, 0.6) is 11.5 Å². The molecule has 0 saturated heterocycles. The lowest BCUT2D eigenvalue weighted by Gasteiger charge is -2.11. The quantitative estimate of drug-likeness (QED) is 0.453. The van der Waals surface area contributed by atoms with Gasteiger partial charge in [-0.2, -0.15) is 5.10 Å². The number of aryl methyl sites for hydroxylation is 2. The first-order valence-electron chi connectivity index (χ1n) is 8.28. The minimum Gasteiger partial charge on any atom is -0.493 e. The topological polar surface area (TPSA) is 59.9 Å².